The number of nitrogens with two attached hydrogens (primary N) is 1. The fourth-order valence-electron chi connectivity index (χ4n) is 1.82. The van der Waals surface area contributed by atoms with E-state index in [9.17, 15) is 9.18 Å². The number of ether oxygens (including phenoxy) is 1. The van der Waals surface area contributed by atoms with Crippen molar-refractivity contribution in [3.63, 3.8) is 0 Å². The van der Waals surface area contributed by atoms with Crippen molar-refractivity contribution in [2.75, 3.05) is 12.8 Å². The molecule has 1 aromatic heterocycles. The van der Waals surface area contributed by atoms with E-state index in [-0.39, 0.29) is 17.3 Å². The fraction of sp³-hybridized carbons (Fsp3) is 0.214. The van der Waals surface area contributed by atoms with Crippen molar-refractivity contribution in [1.29, 1.82) is 0 Å². The van der Waals surface area contributed by atoms with Gasteiger partial charge in [-0.2, -0.15) is 0 Å². The quantitative estimate of drug-likeness (QED) is 0.894. The average molecular weight is 290 g/mol. The van der Waals surface area contributed by atoms with Crippen molar-refractivity contribution in [2.24, 2.45) is 0 Å². The predicted octanol–water partition coefficient (Wildman–Crippen LogP) is 1.70. The molecule has 0 spiro atoms. The smallest absolute Gasteiger partial charge is 0.274 e. The van der Waals surface area contributed by atoms with Gasteiger partial charge in [-0.3, -0.25) is 4.79 Å². The number of carbonyl (C=O) groups is 1. The second kappa shape index (κ2) is 6.17. The van der Waals surface area contributed by atoms with Gasteiger partial charge in [0.05, 0.1) is 13.2 Å². The maximum Gasteiger partial charge on any atom is 0.274 e. The number of aromatic nitrogens is 2. The van der Waals surface area contributed by atoms with Gasteiger partial charge in [0.25, 0.3) is 5.91 Å². The summed E-state index contributed by atoms with van der Waals surface area (Å²) in [5.74, 6) is -0.766. The van der Waals surface area contributed by atoms with E-state index in [2.05, 4.69) is 15.3 Å². The number of amides is 1. The molecule has 2 rings (SSSR count). The molecule has 110 valence electrons. The molecule has 0 aliphatic heterocycles. The molecule has 0 saturated carbocycles. The number of halogens is 1. The van der Waals surface area contributed by atoms with Crippen LogP contribution in [0.1, 0.15) is 29.0 Å². The van der Waals surface area contributed by atoms with Gasteiger partial charge in [0.15, 0.2) is 23.1 Å². The molecule has 1 amide bonds. The maximum atomic E-state index is 13.7. The van der Waals surface area contributed by atoms with E-state index in [1.165, 1.54) is 31.6 Å². The molecule has 0 aliphatic rings. The second-order valence-electron chi connectivity index (χ2n) is 4.38. The highest BCUT2D eigenvalue weighted by Gasteiger charge is 2.16. The Bertz CT molecular complexity index is 663. The fourth-order valence-corrected chi connectivity index (χ4v) is 1.82. The number of nitrogens with zero attached hydrogens (tertiary/aromatic N) is 2. The molecule has 21 heavy (non-hydrogen) atoms. The largest absolute Gasteiger partial charge is 0.494 e. The Morgan fingerprint density at radius 1 is 1.38 bits per heavy atom. The van der Waals surface area contributed by atoms with Crippen LogP contribution in [0.4, 0.5) is 10.2 Å². The highest BCUT2D eigenvalue weighted by Crippen LogP contribution is 2.22. The van der Waals surface area contributed by atoms with Gasteiger partial charge in [-0.05, 0) is 24.6 Å². The predicted molar refractivity (Wildman–Crippen MR) is 75.3 cm³/mol. The van der Waals surface area contributed by atoms with Gasteiger partial charge < -0.3 is 15.8 Å². The van der Waals surface area contributed by atoms with E-state index in [0.29, 0.717) is 5.56 Å². The van der Waals surface area contributed by atoms with E-state index < -0.39 is 17.8 Å². The lowest BCUT2D eigenvalue weighted by atomic mass is 10.1. The summed E-state index contributed by atoms with van der Waals surface area (Å²) in [6.07, 6.45) is 2.78. The third-order valence-electron chi connectivity index (χ3n) is 2.97. The summed E-state index contributed by atoms with van der Waals surface area (Å²) in [5.41, 5.74) is 6.23. The van der Waals surface area contributed by atoms with Crippen molar-refractivity contribution in [3.8, 4) is 5.75 Å². The average Bonchev–Trinajstić information content (AvgIpc) is 2.47. The zero-order chi connectivity index (χ0) is 15.4. The minimum atomic E-state index is -0.491. The second-order valence-corrected chi connectivity index (χ2v) is 4.38. The van der Waals surface area contributed by atoms with Crippen molar-refractivity contribution < 1.29 is 13.9 Å². The number of nitrogen functional groups attached to an aromatic ring is 1. The molecular formula is C14H15FN4O2. The first-order valence-electron chi connectivity index (χ1n) is 6.23. The summed E-state index contributed by atoms with van der Waals surface area (Å²) in [6, 6.07) is 4.07. The molecule has 1 heterocycles. The molecule has 7 heteroatoms. The first-order chi connectivity index (χ1) is 10.0. The summed E-state index contributed by atoms with van der Waals surface area (Å²) in [7, 11) is 1.39. The summed E-state index contributed by atoms with van der Waals surface area (Å²) in [4.78, 5) is 19.7. The molecule has 1 atom stereocenters. The third kappa shape index (κ3) is 3.25. The van der Waals surface area contributed by atoms with E-state index in [4.69, 9.17) is 10.5 Å². The summed E-state index contributed by atoms with van der Waals surface area (Å²) >= 11 is 0. The molecule has 0 aliphatic carbocycles. The lowest BCUT2D eigenvalue weighted by Gasteiger charge is -2.15. The van der Waals surface area contributed by atoms with E-state index in [1.807, 2.05) is 0 Å². The molecule has 6 nitrogen and oxygen atoms in total. The summed E-state index contributed by atoms with van der Waals surface area (Å²) in [5, 5.41) is 2.69. The number of hydrogen-bond donors (Lipinski definition) is 2. The Hall–Kier alpha value is -2.70. The third-order valence-corrected chi connectivity index (χ3v) is 2.97. The minimum absolute atomic E-state index is 0.0401. The van der Waals surface area contributed by atoms with Crippen LogP contribution in [0.5, 0.6) is 5.75 Å². The molecule has 0 saturated heterocycles. The van der Waals surface area contributed by atoms with Crippen LogP contribution in [0.3, 0.4) is 0 Å². The van der Waals surface area contributed by atoms with Gasteiger partial charge in [-0.1, -0.05) is 6.07 Å². The first kappa shape index (κ1) is 14.7. The Morgan fingerprint density at radius 3 is 2.71 bits per heavy atom. The minimum Gasteiger partial charge on any atom is -0.494 e. The van der Waals surface area contributed by atoms with Crippen LogP contribution in [0.2, 0.25) is 0 Å². The van der Waals surface area contributed by atoms with Gasteiger partial charge in [0, 0.05) is 12.4 Å². The van der Waals surface area contributed by atoms with E-state index in [1.54, 1.807) is 13.0 Å². The molecule has 1 aromatic carbocycles. The Labute approximate surface area is 121 Å². The first-order valence-corrected chi connectivity index (χ1v) is 6.23. The topological polar surface area (TPSA) is 90.1 Å². The van der Waals surface area contributed by atoms with Gasteiger partial charge in [0.1, 0.15) is 0 Å². The van der Waals surface area contributed by atoms with Crippen LogP contribution >= 0.6 is 0 Å². The van der Waals surface area contributed by atoms with Crippen molar-refractivity contribution in [3.05, 3.63) is 47.7 Å². The monoisotopic (exact) mass is 290 g/mol. The molecular weight excluding hydrogens is 275 g/mol. The normalized spacial score (nSPS) is 11.8. The summed E-state index contributed by atoms with van der Waals surface area (Å²) in [6.45, 7) is 1.73. The number of hydrogen-bond acceptors (Lipinski definition) is 5. The van der Waals surface area contributed by atoms with Gasteiger partial charge >= 0.3 is 0 Å². The van der Waals surface area contributed by atoms with E-state index >= 15 is 0 Å². The lowest BCUT2D eigenvalue weighted by molar-refractivity contribution is 0.0935. The van der Waals surface area contributed by atoms with Crippen molar-refractivity contribution in [1.82, 2.24) is 15.3 Å². The van der Waals surface area contributed by atoms with Crippen LogP contribution in [0.15, 0.2) is 30.6 Å². The Morgan fingerprint density at radius 2 is 2.10 bits per heavy atom. The number of nitrogens with one attached hydrogen (secondary N) is 1. The number of benzene rings is 1. The van der Waals surface area contributed by atoms with E-state index in [0.717, 1.165) is 0 Å². The van der Waals surface area contributed by atoms with Crippen LogP contribution in [0.25, 0.3) is 0 Å². The standard InChI is InChI=1S/C14H15FN4O2/c1-8(9-3-4-11(21-2)10(15)7-9)19-14(20)12-13(16)18-6-5-17-12/h3-8H,1-2H3,(H2,16,18)(H,19,20). The van der Waals surface area contributed by atoms with Crippen molar-refractivity contribution >= 4 is 11.7 Å². The van der Waals surface area contributed by atoms with Crippen LogP contribution in [0, 0.1) is 5.82 Å². The van der Waals surface area contributed by atoms with Gasteiger partial charge in [-0.15, -0.1) is 0 Å². The van der Waals surface area contributed by atoms with Gasteiger partial charge in [-0.25, -0.2) is 14.4 Å². The van der Waals surface area contributed by atoms with Crippen LogP contribution in [-0.2, 0) is 0 Å². The molecule has 0 radical (unpaired) electrons. The van der Waals surface area contributed by atoms with Crippen LogP contribution < -0.4 is 15.8 Å². The SMILES string of the molecule is COc1ccc(C(C)NC(=O)c2nccnc2N)cc1F. The lowest BCUT2D eigenvalue weighted by Crippen LogP contribution is -2.28. The van der Waals surface area contributed by atoms with Gasteiger partial charge in [0.2, 0.25) is 0 Å². The summed E-state index contributed by atoms with van der Waals surface area (Å²) < 4.78 is 18.5. The Balaban J connectivity index is 2.14. The highest BCUT2D eigenvalue weighted by atomic mass is 19.1. The number of methoxy groups -OCH3 is 1. The van der Waals surface area contributed by atoms with Crippen molar-refractivity contribution in [2.45, 2.75) is 13.0 Å². The zero-order valence-electron chi connectivity index (χ0n) is 11.6. The highest BCUT2D eigenvalue weighted by molar-refractivity contribution is 5.96. The zero-order valence-corrected chi connectivity index (χ0v) is 11.6. The molecule has 3 N–H and O–H groups in total. The number of anilines is 1. The molecule has 0 fully saturated rings. The molecule has 0 bridgehead atoms. The molecule has 1 unspecified atom stereocenters. The maximum absolute atomic E-state index is 13.7. The Kier molecular flexibility index (Phi) is 4.32. The molecule has 2 aromatic rings. The number of carbonyl (C=O) groups excluding carboxylic acids is 1. The number of rotatable bonds is 4. The van der Waals surface area contributed by atoms with Crippen LogP contribution in [-0.4, -0.2) is 23.0 Å².